The normalized spacial score (nSPS) is 20.8. The second-order valence-corrected chi connectivity index (χ2v) is 4.80. The van der Waals surface area contributed by atoms with Gasteiger partial charge in [-0.3, -0.25) is 0 Å². The highest BCUT2D eigenvalue weighted by Crippen LogP contribution is 2.30. The van der Waals surface area contributed by atoms with Gasteiger partial charge in [-0.2, -0.15) is 22.5 Å². The van der Waals surface area contributed by atoms with Crippen LogP contribution < -0.4 is 10.2 Å². The maximum absolute atomic E-state index is 12.3. The predicted molar refractivity (Wildman–Crippen MR) is 59.2 cm³/mol. The molecule has 2 heterocycles. The van der Waals surface area contributed by atoms with Crippen molar-refractivity contribution in [1.29, 1.82) is 0 Å². The first-order valence-electron chi connectivity index (χ1n) is 5.32. The molecule has 17 heavy (non-hydrogen) atoms. The van der Waals surface area contributed by atoms with Crippen LogP contribution in [0.3, 0.4) is 0 Å². The number of hydrogen-bond acceptors (Lipinski definition) is 5. The van der Waals surface area contributed by atoms with E-state index in [1.165, 1.54) is 0 Å². The largest absolute Gasteiger partial charge is 0.452 e. The zero-order valence-corrected chi connectivity index (χ0v) is 10.1. The number of alkyl halides is 3. The maximum atomic E-state index is 12.3. The highest BCUT2D eigenvalue weighted by molar-refractivity contribution is 7.09. The van der Waals surface area contributed by atoms with Crippen molar-refractivity contribution in [2.24, 2.45) is 0 Å². The van der Waals surface area contributed by atoms with Gasteiger partial charge in [0.15, 0.2) is 0 Å². The third-order valence-corrected chi connectivity index (χ3v) is 3.48. The SMILES string of the molecule is CN(CC1CCCN1)c1nc(C(F)(F)F)ns1. The Kier molecular flexibility index (Phi) is 3.53. The smallest absolute Gasteiger partial charge is 0.348 e. The van der Waals surface area contributed by atoms with Crippen LogP contribution in [0.15, 0.2) is 0 Å². The standard InChI is InChI=1S/C9H13F3N4S/c1-16(5-6-3-2-4-13-6)8-14-7(15-17-8)9(10,11)12/h6,13H,2-5H2,1H3. The van der Waals surface area contributed by atoms with E-state index in [0.717, 1.165) is 30.9 Å². The van der Waals surface area contributed by atoms with E-state index in [0.29, 0.717) is 17.7 Å². The Balaban J connectivity index is 1.99. The molecule has 0 radical (unpaired) electrons. The van der Waals surface area contributed by atoms with E-state index >= 15 is 0 Å². The molecule has 0 amide bonds. The molecule has 1 unspecified atom stereocenters. The number of nitrogens with zero attached hydrogens (tertiary/aromatic N) is 3. The minimum Gasteiger partial charge on any atom is -0.348 e. The molecule has 0 spiro atoms. The topological polar surface area (TPSA) is 41.0 Å². The van der Waals surface area contributed by atoms with Gasteiger partial charge in [-0.15, -0.1) is 0 Å². The molecule has 1 fully saturated rings. The predicted octanol–water partition coefficient (Wildman–Crippen LogP) is 1.75. The second-order valence-electron chi connectivity index (χ2n) is 4.07. The molecule has 0 bridgehead atoms. The Morgan fingerprint density at radius 1 is 1.53 bits per heavy atom. The summed E-state index contributed by atoms with van der Waals surface area (Å²) in [6.45, 7) is 1.63. The van der Waals surface area contributed by atoms with Gasteiger partial charge >= 0.3 is 6.18 Å². The molecular weight excluding hydrogens is 253 g/mol. The molecule has 96 valence electrons. The minimum absolute atomic E-state index is 0.311. The highest BCUT2D eigenvalue weighted by Gasteiger charge is 2.36. The van der Waals surface area contributed by atoms with Gasteiger partial charge in [0.2, 0.25) is 11.0 Å². The van der Waals surface area contributed by atoms with E-state index < -0.39 is 12.0 Å². The van der Waals surface area contributed by atoms with E-state index in [2.05, 4.69) is 14.7 Å². The molecule has 0 aromatic carbocycles. The summed E-state index contributed by atoms with van der Waals surface area (Å²) in [5, 5.41) is 3.60. The summed E-state index contributed by atoms with van der Waals surface area (Å²) in [4.78, 5) is 5.22. The van der Waals surface area contributed by atoms with Crippen molar-refractivity contribution in [2.45, 2.75) is 25.1 Å². The average molecular weight is 266 g/mol. The number of rotatable bonds is 3. The van der Waals surface area contributed by atoms with Crippen molar-refractivity contribution in [1.82, 2.24) is 14.7 Å². The summed E-state index contributed by atoms with van der Waals surface area (Å²) in [7, 11) is 1.74. The Morgan fingerprint density at radius 2 is 2.29 bits per heavy atom. The average Bonchev–Trinajstić information content (AvgIpc) is 2.85. The van der Waals surface area contributed by atoms with Gasteiger partial charge in [0.25, 0.3) is 0 Å². The molecule has 1 atom stereocenters. The molecular formula is C9H13F3N4S. The maximum Gasteiger partial charge on any atom is 0.452 e. The fourth-order valence-electron chi connectivity index (χ4n) is 1.81. The van der Waals surface area contributed by atoms with Crippen LogP contribution in [0.2, 0.25) is 0 Å². The number of halogens is 3. The first kappa shape index (κ1) is 12.6. The van der Waals surface area contributed by atoms with Crippen LogP contribution in [0.5, 0.6) is 0 Å². The monoisotopic (exact) mass is 266 g/mol. The van der Waals surface area contributed by atoms with Gasteiger partial charge in [-0.25, -0.2) is 0 Å². The zero-order chi connectivity index (χ0) is 12.5. The van der Waals surface area contributed by atoms with E-state index in [4.69, 9.17) is 0 Å². The first-order valence-corrected chi connectivity index (χ1v) is 6.09. The van der Waals surface area contributed by atoms with E-state index in [1.54, 1.807) is 11.9 Å². The van der Waals surface area contributed by atoms with Gasteiger partial charge in [0.1, 0.15) is 0 Å². The number of aromatic nitrogens is 2. The third-order valence-electron chi connectivity index (χ3n) is 2.65. The lowest BCUT2D eigenvalue weighted by atomic mass is 10.2. The summed E-state index contributed by atoms with van der Waals surface area (Å²) in [5.74, 6) is -1.05. The summed E-state index contributed by atoms with van der Waals surface area (Å²) in [6.07, 6.45) is -2.29. The van der Waals surface area contributed by atoms with Crippen molar-refractivity contribution in [2.75, 3.05) is 25.0 Å². The highest BCUT2D eigenvalue weighted by atomic mass is 32.1. The fourth-order valence-corrected chi connectivity index (χ4v) is 2.46. The summed E-state index contributed by atoms with van der Waals surface area (Å²) in [6, 6.07) is 0.332. The molecule has 1 N–H and O–H groups in total. The van der Waals surface area contributed by atoms with Gasteiger partial charge in [0, 0.05) is 31.2 Å². The third kappa shape index (κ3) is 3.06. The number of hydrogen-bond donors (Lipinski definition) is 1. The molecule has 1 aromatic heterocycles. The van der Waals surface area contributed by atoms with Crippen LogP contribution in [0.25, 0.3) is 0 Å². The lowest BCUT2D eigenvalue weighted by Gasteiger charge is -2.19. The Bertz CT molecular complexity index is 373. The van der Waals surface area contributed by atoms with E-state index in [-0.39, 0.29) is 0 Å². The molecule has 1 aromatic rings. The van der Waals surface area contributed by atoms with Crippen LogP contribution in [0.1, 0.15) is 18.7 Å². The van der Waals surface area contributed by atoms with Gasteiger partial charge in [-0.05, 0) is 19.4 Å². The van der Waals surface area contributed by atoms with E-state index in [9.17, 15) is 13.2 Å². The van der Waals surface area contributed by atoms with Crippen LogP contribution >= 0.6 is 11.5 Å². The second kappa shape index (κ2) is 4.77. The number of likely N-dealkylation sites (N-methyl/N-ethyl adjacent to an activating group) is 1. The minimum atomic E-state index is -4.46. The summed E-state index contributed by atoms with van der Waals surface area (Å²) >= 11 is 0.785. The van der Waals surface area contributed by atoms with Crippen molar-refractivity contribution >= 4 is 16.7 Å². The Labute approximate surface area is 101 Å². The van der Waals surface area contributed by atoms with Crippen LogP contribution in [-0.4, -0.2) is 35.5 Å². The quantitative estimate of drug-likeness (QED) is 0.905. The molecule has 4 nitrogen and oxygen atoms in total. The van der Waals surface area contributed by atoms with Crippen LogP contribution in [0.4, 0.5) is 18.3 Å². The lowest BCUT2D eigenvalue weighted by molar-refractivity contribution is -0.144. The fraction of sp³-hybridized carbons (Fsp3) is 0.778. The van der Waals surface area contributed by atoms with Gasteiger partial charge in [-0.1, -0.05) is 0 Å². The van der Waals surface area contributed by atoms with Gasteiger partial charge < -0.3 is 10.2 Å². The molecule has 0 aliphatic carbocycles. The number of anilines is 1. The Morgan fingerprint density at radius 3 is 2.82 bits per heavy atom. The first-order chi connectivity index (χ1) is 7.97. The summed E-state index contributed by atoms with van der Waals surface area (Å²) in [5.41, 5.74) is 0. The molecule has 0 saturated carbocycles. The lowest BCUT2D eigenvalue weighted by Crippen LogP contribution is -2.35. The van der Waals surface area contributed by atoms with Crippen LogP contribution in [0, 0.1) is 0 Å². The van der Waals surface area contributed by atoms with Crippen molar-refractivity contribution in [3.05, 3.63) is 5.82 Å². The molecule has 1 aliphatic rings. The van der Waals surface area contributed by atoms with Crippen LogP contribution in [-0.2, 0) is 6.18 Å². The Hall–Kier alpha value is -0.890. The number of nitrogens with one attached hydrogen (secondary N) is 1. The van der Waals surface area contributed by atoms with Gasteiger partial charge in [0.05, 0.1) is 0 Å². The van der Waals surface area contributed by atoms with Crippen molar-refractivity contribution in [3.63, 3.8) is 0 Å². The molecule has 1 saturated heterocycles. The molecule has 1 aliphatic heterocycles. The zero-order valence-electron chi connectivity index (χ0n) is 9.29. The van der Waals surface area contributed by atoms with Crippen molar-refractivity contribution < 1.29 is 13.2 Å². The summed E-state index contributed by atoms with van der Waals surface area (Å²) < 4.78 is 40.3. The molecule has 2 rings (SSSR count). The van der Waals surface area contributed by atoms with E-state index in [1.807, 2.05) is 0 Å². The molecule has 8 heteroatoms. The van der Waals surface area contributed by atoms with Crippen molar-refractivity contribution in [3.8, 4) is 0 Å².